The Hall–Kier alpha value is -0.550. The Balaban J connectivity index is 2.12. The van der Waals surface area contributed by atoms with Crippen LogP contribution in [0.1, 0.15) is 13.3 Å². The van der Waals surface area contributed by atoms with E-state index in [-0.39, 0.29) is 5.82 Å². The first-order valence-corrected chi connectivity index (χ1v) is 6.89. The van der Waals surface area contributed by atoms with Gasteiger partial charge in [-0.2, -0.15) is 0 Å². The summed E-state index contributed by atoms with van der Waals surface area (Å²) in [5.41, 5.74) is 0.725. The molecule has 0 spiro atoms. The van der Waals surface area contributed by atoms with E-state index in [4.69, 9.17) is 0 Å². The third-order valence-electron chi connectivity index (χ3n) is 2.35. The summed E-state index contributed by atoms with van der Waals surface area (Å²) in [6.45, 7) is 2.12. The van der Waals surface area contributed by atoms with Gasteiger partial charge in [-0.1, -0.05) is 18.7 Å². The number of halogens is 2. The van der Waals surface area contributed by atoms with Crippen molar-refractivity contribution in [1.29, 1.82) is 0 Å². The van der Waals surface area contributed by atoms with Gasteiger partial charge >= 0.3 is 0 Å². The van der Waals surface area contributed by atoms with E-state index in [9.17, 15) is 4.39 Å². The molecule has 2 nitrogen and oxygen atoms in total. The minimum atomic E-state index is -0.249. The molecule has 0 aliphatic carbocycles. The topological polar surface area (TPSA) is 24.4 Å². The molecule has 0 amide bonds. The fourth-order valence-corrected chi connectivity index (χ4v) is 2.81. The second kappa shape index (κ2) is 5.19. The number of nitrogens with one attached hydrogen (secondary N) is 1. The standard InChI is InChI=1S/C11H12BrFN2S/c1-2-8-6-16-11(14-8)15-10-5-7(13)3-4-9(10)12/h3-5,8H,2,6H2,1H3,(H,14,15). The van der Waals surface area contributed by atoms with E-state index in [1.54, 1.807) is 17.8 Å². The zero-order valence-corrected chi connectivity index (χ0v) is 11.2. The lowest BCUT2D eigenvalue weighted by Crippen LogP contribution is -2.06. The normalized spacial score (nSPS) is 19.7. The van der Waals surface area contributed by atoms with Crippen LogP contribution in [0.15, 0.2) is 27.7 Å². The molecule has 1 aromatic rings. The Morgan fingerprint density at radius 2 is 2.44 bits per heavy atom. The van der Waals surface area contributed by atoms with Crippen LogP contribution >= 0.6 is 27.7 Å². The third-order valence-corrected chi connectivity index (χ3v) is 4.08. The molecule has 0 fully saturated rings. The number of benzene rings is 1. The SMILES string of the molecule is CCC1CSC(Nc2cc(F)ccc2Br)=N1. The molecule has 86 valence electrons. The van der Waals surface area contributed by atoms with Crippen molar-refractivity contribution in [3.05, 3.63) is 28.5 Å². The van der Waals surface area contributed by atoms with E-state index in [1.807, 2.05) is 0 Å². The summed E-state index contributed by atoms with van der Waals surface area (Å²) in [6.07, 6.45) is 1.04. The molecule has 1 heterocycles. The van der Waals surface area contributed by atoms with Gasteiger partial charge in [0.25, 0.3) is 0 Å². The van der Waals surface area contributed by atoms with Gasteiger partial charge in [0.1, 0.15) is 5.82 Å². The van der Waals surface area contributed by atoms with Crippen molar-refractivity contribution in [2.45, 2.75) is 19.4 Å². The van der Waals surface area contributed by atoms with Gasteiger partial charge in [-0.05, 0) is 40.5 Å². The highest BCUT2D eigenvalue weighted by Gasteiger charge is 2.17. The zero-order valence-electron chi connectivity index (χ0n) is 8.84. The summed E-state index contributed by atoms with van der Waals surface area (Å²) < 4.78 is 13.9. The zero-order chi connectivity index (χ0) is 11.5. The number of aliphatic imine (C=N–C) groups is 1. The molecule has 0 radical (unpaired) electrons. The van der Waals surface area contributed by atoms with Crippen molar-refractivity contribution in [2.24, 2.45) is 4.99 Å². The van der Waals surface area contributed by atoms with Gasteiger partial charge < -0.3 is 5.32 Å². The van der Waals surface area contributed by atoms with Crippen molar-refractivity contribution in [3.8, 4) is 0 Å². The summed E-state index contributed by atoms with van der Waals surface area (Å²) in [5, 5.41) is 4.01. The van der Waals surface area contributed by atoms with Crippen molar-refractivity contribution < 1.29 is 4.39 Å². The number of thioether (sulfide) groups is 1. The Morgan fingerprint density at radius 3 is 3.12 bits per heavy atom. The minimum Gasteiger partial charge on any atom is -0.334 e. The van der Waals surface area contributed by atoms with E-state index < -0.39 is 0 Å². The molecule has 1 aliphatic rings. The van der Waals surface area contributed by atoms with Crippen molar-refractivity contribution >= 4 is 38.5 Å². The highest BCUT2D eigenvalue weighted by Crippen LogP contribution is 2.27. The maximum Gasteiger partial charge on any atom is 0.161 e. The van der Waals surface area contributed by atoms with Crippen LogP contribution < -0.4 is 5.32 Å². The predicted molar refractivity (Wildman–Crippen MR) is 71.7 cm³/mol. The lowest BCUT2D eigenvalue weighted by molar-refractivity contribution is 0.628. The fourth-order valence-electron chi connectivity index (χ4n) is 1.40. The average Bonchev–Trinajstić information content (AvgIpc) is 2.71. The molecular weight excluding hydrogens is 291 g/mol. The minimum absolute atomic E-state index is 0.249. The molecule has 0 aromatic heterocycles. The van der Waals surface area contributed by atoms with E-state index in [0.717, 1.165) is 27.5 Å². The molecule has 1 unspecified atom stereocenters. The Labute approximate surface area is 107 Å². The van der Waals surface area contributed by atoms with Crippen LogP contribution in [0.4, 0.5) is 10.1 Å². The number of amidine groups is 1. The number of hydrogen-bond acceptors (Lipinski definition) is 3. The first-order valence-electron chi connectivity index (χ1n) is 5.11. The number of rotatable bonds is 2. The van der Waals surface area contributed by atoms with Gasteiger partial charge in [0.15, 0.2) is 5.17 Å². The van der Waals surface area contributed by atoms with Crippen LogP contribution in [0.3, 0.4) is 0 Å². The third kappa shape index (κ3) is 2.77. The number of nitrogens with zero attached hydrogens (tertiary/aromatic N) is 1. The van der Waals surface area contributed by atoms with Crippen LogP contribution in [-0.2, 0) is 0 Å². The van der Waals surface area contributed by atoms with E-state index >= 15 is 0 Å². The second-order valence-corrected chi connectivity index (χ2v) is 5.42. The quantitative estimate of drug-likeness (QED) is 0.896. The highest BCUT2D eigenvalue weighted by atomic mass is 79.9. The molecule has 0 bridgehead atoms. The predicted octanol–water partition coefficient (Wildman–Crippen LogP) is 3.88. The molecule has 1 aliphatic heterocycles. The van der Waals surface area contributed by atoms with Crippen molar-refractivity contribution in [1.82, 2.24) is 0 Å². The first-order chi connectivity index (χ1) is 7.69. The van der Waals surface area contributed by atoms with Crippen molar-refractivity contribution in [2.75, 3.05) is 11.1 Å². The van der Waals surface area contributed by atoms with E-state index in [2.05, 4.69) is 33.2 Å². The molecule has 1 atom stereocenters. The summed E-state index contributed by atoms with van der Waals surface area (Å²) in [6, 6.07) is 4.97. The van der Waals surface area contributed by atoms with E-state index in [1.165, 1.54) is 12.1 Å². The van der Waals surface area contributed by atoms with Crippen LogP contribution in [0, 0.1) is 5.82 Å². The van der Waals surface area contributed by atoms with Gasteiger partial charge in [-0.3, -0.25) is 4.99 Å². The van der Waals surface area contributed by atoms with Crippen LogP contribution in [-0.4, -0.2) is 17.0 Å². The van der Waals surface area contributed by atoms with Gasteiger partial charge in [0.05, 0.1) is 11.7 Å². The van der Waals surface area contributed by atoms with Crippen LogP contribution in [0.5, 0.6) is 0 Å². The Morgan fingerprint density at radius 1 is 1.62 bits per heavy atom. The highest BCUT2D eigenvalue weighted by molar-refractivity contribution is 9.10. The molecular formula is C11H12BrFN2S. The number of anilines is 1. The van der Waals surface area contributed by atoms with Crippen LogP contribution in [0.2, 0.25) is 0 Å². The molecule has 16 heavy (non-hydrogen) atoms. The average molecular weight is 303 g/mol. The molecule has 1 N–H and O–H groups in total. The Kier molecular flexibility index (Phi) is 3.86. The molecule has 0 saturated carbocycles. The smallest absolute Gasteiger partial charge is 0.161 e. The Bertz CT molecular complexity index is 422. The van der Waals surface area contributed by atoms with Crippen LogP contribution in [0.25, 0.3) is 0 Å². The van der Waals surface area contributed by atoms with Gasteiger partial charge in [0.2, 0.25) is 0 Å². The number of hydrogen-bond donors (Lipinski definition) is 1. The molecule has 2 rings (SSSR count). The summed E-state index contributed by atoms with van der Waals surface area (Å²) in [4.78, 5) is 4.50. The van der Waals surface area contributed by atoms with Crippen molar-refractivity contribution in [3.63, 3.8) is 0 Å². The maximum atomic E-state index is 13.1. The molecule has 5 heteroatoms. The second-order valence-electron chi connectivity index (χ2n) is 3.56. The van der Waals surface area contributed by atoms with E-state index in [0.29, 0.717) is 6.04 Å². The molecule has 1 aromatic carbocycles. The van der Waals surface area contributed by atoms with Gasteiger partial charge in [0, 0.05) is 10.2 Å². The van der Waals surface area contributed by atoms with Gasteiger partial charge in [-0.25, -0.2) is 4.39 Å². The summed E-state index contributed by atoms with van der Waals surface area (Å²) >= 11 is 5.06. The molecule has 0 saturated heterocycles. The lowest BCUT2D eigenvalue weighted by Gasteiger charge is -2.07. The van der Waals surface area contributed by atoms with Gasteiger partial charge in [-0.15, -0.1) is 0 Å². The summed E-state index contributed by atoms with van der Waals surface area (Å²) in [7, 11) is 0. The first kappa shape index (κ1) is 11.9. The summed E-state index contributed by atoms with van der Waals surface area (Å²) in [5.74, 6) is 0.757. The largest absolute Gasteiger partial charge is 0.334 e. The maximum absolute atomic E-state index is 13.1. The lowest BCUT2D eigenvalue weighted by atomic mass is 10.3. The monoisotopic (exact) mass is 302 g/mol. The fraction of sp³-hybridized carbons (Fsp3) is 0.364.